The summed E-state index contributed by atoms with van der Waals surface area (Å²) < 4.78 is 0. The highest BCUT2D eigenvalue weighted by atomic mass is 16.2. The Kier molecular flexibility index (Phi) is 4.61. The minimum Gasteiger partial charge on any atom is -0.339 e. The molecule has 1 heterocycles. The van der Waals surface area contributed by atoms with Crippen LogP contribution < -0.4 is 0 Å². The van der Waals surface area contributed by atoms with Gasteiger partial charge in [-0.3, -0.25) is 4.79 Å². The molecule has 2 unspecified atom stereocenters. The molecule has 0 aromatic rings. The Labute approximate surface area is 92.1 Å². The van der Waals surface area contributed by atoms with Gasteiger partial charge in [-0.25, -0.2) is 0 Å². The number of hydrogen-bond acceptors (Lipinski definition) is 2. The quantitative estimate of drug-likeness (QED) is 0.651. The molecule has 3 heteroatoms. The van der Waals surface area contributed by atoms with E-state index in [0.717, 1.165) is 6.42 Å². The standard InChI is InChI=1S/C12H20N2O/c1-3-4-5-6-10(2)14-9-11(8-13)7-12(14)15/h10-11H,3-7,9H2,1-2H3. The predicted octanol–water partition coefficient (Wildman–Crippen LogP) is 2.33. The molecule has 3 nitrogen and oxygen atoms in total. The largest absolute Gasteiger partial charge is 0.339 e. The van der Waals surface area contributed by atoms with Crippen molar-refractivity contribution in [3.63, 3.8) is 0 Å². The summed E-state index contributed by atoms with van der Waals surface area (Å²) in [6.45, 7) is 4.91. The molecule has 1 rings (SSSR count). The smallest absolute Gasteiger partial charge is 0.224 e. The molecule has 0 saturated carbocycles. The second-order valence-corrected chi connectivity index (χ2v) is 4.42. The zero-order chi connectivity index (χ0) is 11.3. The van der Waals surface area contributed by atoms with Crippen LogP contribution in [0.15, 0.2) is 0 Å². The van der Waals surface area contributed by atoms with E-state index >= 15 is 0 Å². The first-order chi connectivity index (χ1) is 7.19. The average Bonchev–Trinajstić information content (AvgIpc) is 2.60. The number of rotatable bonds is 5. The maximum Gasteiger partial charge on any atom is 0.224 e. The maximum atomic E-state index is 11.6. The molecule has 84 valence electrons. The number of nitriles is 1. The van der Waals surface area contributed by atoms with Crippen molar-refractivity contribution in [2.75, 3.05) is 6.54 Å². The van der Waals surface area contributed by atoms with Crippen molar-refractivity contribution in [3.8, 4) is 6.07 Å². The monoisotopic (exact) mass is 208 g/mol. The third-order valence-electron chi connectivity index (χ3n) is 3.10. The molecule has 0 aromatic heterocycles. The molecule has 1 aliphatic rings. The lowest BCUT2D eigenvalue weighted by molar-refractivity contribution is -0.129. The lowest BCUT2D eigenvalue weighted by Crippen LogP contribution is -2.34. The Morgan fingerprint density at radius 1 is 1.60 bits per heavy atom. The summed E-state index contributed by atoms with van der Waals surface area (Å²) in [4.78, 5) is 13.5. The first-order valence-corrected chi connectivity index (χ1v) is 5.88. The molecule has 0 radical (unpaired) electrons. The zero-order valence-electron chi connectivity index (χ0n) is 9.70. The molecule has 0 aliphatic carbocycles. The summed E-state index contributed by atoms with van der Waals surface area (Å²) >= 11 is 0. The van der Waals surface area contributed by atoms with Gasteiger partial charge in [0, 0.05) is 19.0 Å². The van der Waals surface area contributed by atoms with Crippen LogP contribution in [0.25, 0.3) is 0 Å². The minimum atomic E-state index is -0.0777. The van der Waals surface area contributed by atoms with Crippen LogP contribution in [0.5, 0.6) is 0 Å². The Balaban J connectivity index is 2.36. The molecule has 1 amide bonds. The van der Waals surface area contributed by atoms with E-state index in [2.05, 4.69) is 19.9 Å². The van der Waals surface area contributed by atoms with Gasteiger partial charge in [0.25, 0.3) is 0 Å². The molecule has 0 spiro atoms. The molecule has 1 aliphatic heterocycles. The average molecular weight is 208 g/mol. The number of carbonyl (C=O) groups is 1. The Hall–Kier alpha value is -1.04. The minimum absolute atomic E-state index is 0.0777. The summed E-state index contributed by atoms with van der Waals surface area (Å²) in [7, 11) is 0. The van der Waals surface area contributed by atoms with Gasteiger partial charge in [-0.15, -0.1) is 0 Å². The molecular weight excluding hydrogens is 188 g/mol. The van der Waals surface area contributed by atoms with E-state index in [4.69, 9.17) is 5.26 Å². The SMILES string of the molecule is CCCCCC(C)N1CC(C#N)CC1=O. The topological polar surface area (TPSA) is 44.1 Å². The molecule has 1 saturated heterocycles. The van der Waals surface area contributed by atoms with Crippen molar-refractivity contribution in [1.29, 1.82) is 5.26 Å². The van der Waals surface area contributed by atoms with Crippen LogP contribution in [-0.4, -0.2) is 23.4 Å². The van der Waals surface area contributed by atoms with E-state index in [0.29, 0.717) is 19.0 Å². The van der Waals surface area contributed by atoms with Crippen LogP contribution in [0, 0.1) is 17.2 Å². The summed E-state index contributed by atoms with van der Waals surface area (Å²) in [6.07, 6.45) is 5.11. The van der Waals surface area contributed by atoms with Gasteiger partial charge in [-0.05, 0) is 13.3 Å². The van der Waals surface area contributed by atoms with Gasteiger partial charge in [0.15, 0.2) is 0 Å². The van der Waals surface area contributed by atoms with Gasteiger partial charge in [-0.1, -0.05) is 26.2 Å². The lowest BCUT2D eigenvalue weighted by atomic mass is 10.1. The second kappa shape index (κ2) is 5.75. The highest BCUT2D eigenvalue weighted by Gasteiger charge is 2.32. The zero-order valence-corrected chi connectivity index (χ0v) is 9.70. The Morgan fingerprint density at radius 2 is 2.33 bits per heavy atom. The van der Waals surface area contributed by atoms with Gasteiger partial charge >= 0.3 is 0 Å². The number of likely N-dealkylation sites (tertiary alicyclic amines) is 1. The van der Waals surface area contributed by atoms with Gasteiger partial charge in [0.1, 0.15) is 0 Å². The third kappa shape index (κ3) is 3.23. The van der Waals surface area contributed by atoms with Gasteiger partial charge < -0.3 is 4.90 Å². The van der Waals surface area contributed by atoms with Gasteiger partial charge in [0.2, 0.25) is 5.91 Å². The number of carbonyl (C=O) groups excluding carboxylic acids is 1. The van der Waals surface area contributed by atoms with Crippen LogP contribution in [0.1, 0.15) is 46.0 Å². The predicted molar refractivity (Wildman–Crippen MR) is 59.0 cm³/mol. The Morgan fingerprint density at radius 3 is 2.87 bits per heavy atom. The van der Waals surface area contributed by atoms with E-state index in [1.54, 1.807) is 0 Å². The fourth-order valence-electron chi connectivity index (χ4n) is 2.09. The van der Waals surface area contributed by atoms with E-state index in [9.17, 15) is 4.79 Å². The highest BCUT2D eigenvalue weighted by Crippen LogP contribution is 2.21. The van der Waals surface area contributed by atoms with Crippen LogP contribution in [0.4, 0.5) is 0 Å². The number of hydrogen-bond donors (Lipinski definition) is 0. The molecular formula is C12H20N2O. The number of nitrogens with zero attached hydrogens (tertiary/aromatic N) is 2. The van der Waals surface area contributed by atoms with Crippen molar-refractivity contribution >= 4 is 5.91 Å². The fraction of sp³-hybridized carbons (Fsp3) is 0.833. The van der Waals surface area contributed by atoms with Gasteiger partial charge in [-0.2, -0.15) is 5.26 Å². The summed E-state index contributed by atoms with van der Waals surface area (Å²) in [5.74, 6) is 0.0803. The van der Waals surface area contributed by atoms with E-state index in [-0.39, 0.29) is 11.8 Å². The molecule has 2 atom stereocenters. The summed E-state index contributed by atoms with van der Waals surface area (Å²) in [6, 6.07) is 2.49. The summed E-state index contributed by atoms with van der Waals surface area (Å²) in [5.41, 5.74) is 0. The van der Waals surface area contributed by atoms with E-state index in [1.807, 2.05) is 4.90 Å². The summed E-state index contributed by atoms with van der Waals surface area (Å²) in [5, 5.41) is 8.77. The normalized spacial score (nSPS) is 22.9. The third-order valence-corrected chi connectivity index (χ3v) is 3.10. The van der Waals surface area contributed by atoms with Crippen molar-refractivity contribution in [2.45, 2.75) is 52.0 Å². The first-order valence-electron chi connectivity index (χ1n) is 5.88. The van der Waals surface area contributed by atoms with Crippen LogP contribution in [0.2, 0.25) is 0 Å². The number of amides is 1. The van der Waals surface area contributed by atoms with Crippen molar-refractivity contribution < 1.29 is 4.79 Å². The second-order valence-electron chi connectivity index (χ2n) is 4.42. The van der Waals surface area contributed by atoms with E-state index in [1.165, 1.54) is 19.3 Å². The van der Waals surface area contributed by atoms with Crippen LogP contribution in [-0.2, 0) is 4.79 Å². The molecule has 0 bridgehead atoms. The van der Waals surface area contributed by atoms with E-state index < -0.39 is 0 Å². The Bertz CT molecular complexity index is 257. The fourth-order valence-corrected chi connectivity index (χ4v) is 2.09. The van der Waals surface area contributed by atoms with Crippen molar-refractivity contribution in [2.24, 2.45) is 5.92 Å². The van der Waals surface area contributed by atoms with Crippen molar-refractivity contribution in [1.82, 2.24) is 4.90 Å². The molecule has 0 aromatic carbocycles. The molecule has 0 N–H and O–H groups in total. The molecule has 15 heavy (non-hydrogen) atoms. The molecule has 1 fully saturated rings. The van der Waals surface area contributed by atoms with Gasteiger partial charge in [0.05, 0.1) is 12.0 Å². The first kappa shape index (κ1) is 12.0. The van der Waals surface area contributed by atoms with Crippen molar-refractivity contribution in [3.05, 3.63) is 0 Å². The number of unbranched alkanes of at least 4 members (excludes halogenated alkanes) is 2. The van der Waals surface area contributed by atoms with Crippen LogP contribution in [0.3, 0.4) is 0 Å². The highest BCUT2D eigenvalue weighted by molar-refractivity contribution is 5.79. The maximum absolute atomic E-state index is 11.6. The lowest BCUT2D eigenvalue weighted by Gasteiger charge is -2.24. The van der Waals surface area contributed by atoms with Crippen LogP contribution >= 0.6 is 0 Å².